The first-order valence-electron chi connectivity index (χ1n) is 4.74. The number of nitro groups is 1. The Hall–Kier alpha value is -1.93. The molecule has 0 amide bonds. The lowest BCUT2D eigenvalue weighted by molar-refractivity contribution is -0.415. The van der Waals surface area contributed by atoms with Crippen molar-refractivity contribution in [3.63, 3.8) is 0 Å². The van der Waals surface area contributed by atoms with Crippen LogP contribution in [0.5, 0.6) is 0 Å². The lowest BCUT2D eigenvalue weighted by atomic mass is 10.0. The van der Waals surface area contributed by atoms with Gasteiger partial charge in [-0.2, -0.15) is 0 Å². The molecule has 1 aliphatic heterocycles. The van der Waals surface area contributed by atoms with Crippen LogP contribution < -0.4 is 16.5 Å². The summed E-state index contributed by atoms with van der Waals surface area (Å²) in [7, 11) is 0. The van der Waals surface area contributed by atoms with E-state index in [1.54, 1.807) is 6.08 Å². The molecular weight excluding hydrogens is 214 g/mol. The summed E-state index contributed by atoms with van der Waals surface area (Å²) in [5, 5.41) is 17.4. The maximum atomic E-state index is 10.7. The standard InChI is InChI=1S/C8H11N5O3/c9-3-4-10-5-1-2-6(13(14)15)8-7(5)11-16-12-8/h1-2,7,10-11H,3-4,9H2. The van der Waals surface area contributed by atoms with Crippen molar-refractivity contribution in [3.8, 4) is 0 Å². The molecule has 1 atom stereocenters. The molecule has 2 aliphatic rings. The molecule has 0 saturated heterocycles. The van der Waals surface area contributed by atoms with Crippen molar-refractivity contribution in [1.29, 1.82) is 0 Å². The van der Waals surface area contributed by atoms with Crippen LogP contribution in [0.4, 0.5) is 0 Å². The van der Waals surface area contributed by atoms with Crippen molar-refractivity contribution in [3.05, 3.63) is 33.7 Å². The highest BCUT2D eigenvalue weighted by Gasteiger charge is 2.38. The lowest BCUT2D eigenvalue weighted by Gasteiger charge is -2.18. The van der Waals surface area contributed by atoms with E-state index in [2.05, 4.69) is 20.9 Å². The van der Waals surface area contributed by atoms with E-state index in [-0.39, 0.29) is 11.4 Å². The van der Waals surface area contributed by atoms with Crippen LogP contribution in [0.15, 0.2) is 28.7 Å². The molecule has 0 fully saturated rings. The summed E-state index contributed by atoms with van der Waals surface area (Å²) in [5.41, 5.74) is 8.91. The van der Waals surface area contributed by atoms with Crippen molar-refractivity contribution in [2.75, 3.05) is 13.1 Å². The smallest absolute Gasteiger partial charge is 0.296 e. The van der Waals surface area contributed by atoms with Crippen molar-refractivity contribution >= 4 is 5.71 Å². The van der Waals surface area contributed by atoms with Gasteiger partial charge in [0, 0.05) is 24.9 Å². The summed E-state index contributed by atoms with van der Waals surface area (Å²) in [4.78, 5) is 14.9. The maximum absolute atomic E-state index is 10.7. The van der Waals surface area contributed by atoms with Crippen LogP contribution in [0.2, 0.25) is 0 Å². The second-order valence-electron chi connectivity index (χ2n) is 3.27. The quantitative estimate of drug-likeness (QED) is 0.411. The third kappa shape index (κ3) is 1.75. The third-order valence-electron chi connectivity index (χ3n) is 2.25. The molecule has 86 valence electrons. The Bertz CT molecular complexity index is 400. The highest BCUT2D eigenvalue weighted by Crippen LogP contribution is 2.19. The molecule has 0 saturated carbocycles. The number of hydroxylamine groups is 1. The summed E-state index contributed by atoms with van der Waals surface area (Å²) in [6.45, 7) is 1.06. The zero-order valence-electron chi connectivity index (χ0n) is 8.34. The second-order valence-corrected chi connectivity index (χ2v) is 3.27. The molecule has 0 bridgehead atoms. The van der Waals surface area contributed by atoms with Gasteiger partial charge in [-0.15, -0.1) is 5.48 Å². The minimum Gasteiger partial charge on any atom is -0.385 e. The fourth-order valence-corrected chi connectivity index (χ4v) is 1.52. The summed E-state index contributed by atoms with van der Waals surface area (Å²) in [6.07, 6.45) is 3.02. The van der Waals surface area contributed by atoms with Crippen LogP contribution in [0.25, 0.3) is 0 Å². The van der Waals surface area contributed by atoms with Gasteiger partial charge in [0.2, 0.25) is 0 Å². The van der Waals surface area contributed by atoms with E-state index in [1.165, 1.54) is 6.08 Å². The molecule has 0 radical (unpaired) electrons. The van der Waals surface area contributed by atoms with Gasteiger partial charge >= 0.3 is 0 Å². The largest absolute Gasteiger partial charge is 0.385 e. The highest BCUT2D eigenvalue weighted by atomic mass is 16.8. The minimum absolute atomic E-state index is 0.0618. The molecule has 2 rings (SSSR count). The summed E-state index contributed by atoms with van der Waals surface area (Å²) in [5.74, 6) is 0. The van der Waals surface area contributed by atoms with Crippen LogP contribution in [0.3, 0.4) is 0 Å². The van der Waals surface area contributed by atoms with Gasteiger partial charge < -0.3 is 11.1 Å². The molecule has 0 spiro atoms. The van der Waals surface area contributed by atoms with Crippen LogP contribution in [-0.4, -0.2) is 29.8 Å². The molecule has 1 heterocycles. The number of hydrogen-bond acceptors (Lipinski definition) is 7. The SMILES string of the molecule is NCCNC1=CC=C([N+](=O)[O-])C2=NONC12. The molecule has 8 nitrogen and oxygen atoms in total. The van der Waals surface area contributed by atoms with Gasteiger partial charge in [0.25, 0.3) is 5.70 Å². The number of fused-ring (bicyclic) bond motifs is 1. The first-order valence-corrected chi connectivity index (χ1v) is 4.74. The summed E-state index contributed by atoms with van der Waals surface area (Å²) in [6, 6.07) is -0.419. The molecule has 0 aromatic heterocycles. The van der Waals surface area contributed by atoms with Gasteiger partial charge in [-0.25, -0.2) is 0 Å². The second kappa shape index (κ2) is 4.29. The molecule has 8 heteroatoms. The third-order valence-corrected chi connectivity index (χ3v) is 2.25. The number of nitrogens with one attached hydrogen (secondary N) is 2. The van der Waals surface area contributed by atoms with E-state index < -0.39 is 11.0 Å². The van der Waals surface area contributed by atoms with E-state index in [1.807, 2.05) is 0 Å². The summed E-state index contributed by atoms with van der Waals surface area (Å²) >= 11 is 0. The number of hydrogen-bond donors (Lipinski definition) is 3. The Labute approximate surface area is 90.9 Å². The zero-order chi connectivity index (χ0) is 11.5. The van der Waals surface area contributed by atoms with Gasteiger partial charge in [0.05, 0.1) is 4.92 Å². The number of nitrogens with zero attached hydrogens (tertiary/aromatic N) is 2. The van der Waals surface area contributed by atoms with Gasteiger partial charge in [-0.3, -0.25) is 15.1 Å². The fraction of sp³-hybridized carbons (Fsp3) is 0.375. The van der Waals surface area contributed by atoms with Crippen LogP contribution >= 0.6 is 0 Å². The number of allylic oxidation sites excluding steroid dienone is 2. The van der Waals surface area contributed by atoms with E-state index >= 15 is 0 Å². The van der Waals surface area contributed by atoms with Crippen LogP contribution in [0, 0.1) is 10.1 Å². The van der Waals surface area contributed by atoms with Gasteiger partial charge in [0.1, 0.15) is 6.04 Å². The average Bonchev–Trinajstić information content (AvgIpc) is 2.74. The van der Waals surface area contributed by atoms with Gasteiger partial charge in [-0.05, 0) is 6.08 Å². The number of rotatable bonds is 4. The van der Waals surface area contributed by atoms with E-state index in [4.69, 9.17) is 5.73 Å². The zero-order valence-corrected chi connectivity index (χ0v) is 8.34. The van der Waals surface area contributed by atoms with E-state index in [0.29, 0.717) is 13.1 Å². The Kier molecular flexibility index (Phi) is 2.84. The molecule has 0 aromatic carbocycles. The normalized spacial score (nSPS) is 22.6. The predicted molar refractivity (Wildman–Crippen MR) is 55.7 cm³/mol. The van der Waals surface area contributed by atoms with Crippen molar-refractivity contribution < 1.29 is 9.86 Å². The number of nitrogens with two attached hydrogens (primary N) is 1. The molecular formula is C8H11N5O3. The first kappa shape index (κ1) is 10.6. The molecule has 16 heavy (non-hydrogen) atoms. The lowest BCUT2D eigenvalue weighted by Crippen LogP contribution is -2.42. The van der Waals surface area contributed by atoms with Gasteiger partial charge in [0.15, 0.2) is 5.71 Å². The number of oxime groups is 1. The first-order chi connectivity index (χ1) is 7.74. The molecule has 0 aromatic rings. The Morgan fingerprint density at radius 2 is 2.50 bits per heavy atom. The Balaban J connectivity index is 2.23. The van der Waals surface area contributed by atoms with E-state index in [9.17, 15) is 10.1 Å². The van der Waals surface area contributed by atoms with E-state index in [0.717, 1.165) is 5.70 Å². The summed E-state index contributed by atoms with van der Waals surface area (Å²) < 4.78 is 0. The average molecular weight is 225 g/mol. The Morgan fingerprint density at radius 1 is 1.69 bits per heavy atom. The fourth-order valence-electron chi connectivity index (χ4n) is 1.52. The van der Waals surface area contributed by atoms with Gasteiger partial charge in [-0.1, -0.05) is 5.16 Å². The molecule has 1 unspecified atom stereocenters. The highest BCUT2D eigenvalue weighted by molar-refractivity contribution is 6.05. The van der Waals surface area contributed by atoms with Crippen molar-refractivity contribution in [1.82, 2.24) is 10.8 Å². The van der Waals surface area contributed by atoms with Crippen molar-refractivity contribution in [2.45, 2.75) is 6.04 Å². The molecule has 4 N–H and O–H groups in total. The van der Waals surface area contributed by atoms with Crippen molar-refractivity contribution in [2.24, 2.45) is 10.9 Å². The minimum atomic E-state index is -0.488. The Morgan fingerprint density at radius 3 is 3.19 bits per heavy atom. The van der Waals surface area contributed by atoms with Crippen LogP contribution in [-0.2, 0) is 4.94 Å². The van der Waals surface area contributed by atoms with Crippen LogP contribution in [0.1, 0.15) is 0 Å². The topological polar surface area (TPSA) is 115 Å². The predicted octanol–water partition coefficient (Wildman–Crippen LogP) is -1.15. The monoisotopic (exact) mass is 225 g/mol. The maximum Gasteiger partial charge on any atom is 0.296 e. The molecule has 1 aliphatic carbocycles.